The molecule has 4 aliphatic rings. The van der Waals surface area contributed by atoms with Gasteiger partial charge in [-0.2, -0.15) is 0 Å². The Hall–Kier alpha value is -4.13. The Bertz CT molecular complexity index is 1560. The van der Waals surface area contributed by atoms with Crippen LogP contribution in [0.2, 0.25) is 0 Å². The smallest absolute Gasteiger partial charge is 0.311 e. The number of amides is 3. The number of hydrogen-bond acceptors (Lipinski definition) is 8. The monoisotopic (exact) mass is 595 g/mol. The molecule has 2 aromatic rings. The van der Waals surface area contributed by atoms with Gasteiger partial charge in [0.1, 0.15) is 11.6 Å². The fourth-order valence-electron chi connectivity index (χ4n) is 6.40. The number of ether oxygens (including phenoxy) is 1. The lowest BCUT2D eigenvalue weighted by atomic mass is 9.66. The number of fused-ring (bicyclic) bond motifs is 2. The Labute approximate surface area is 249 Å². The summed E-state index contributed by atoms with van der Waals surface area (Å²) < 4.78 is 20.7. The zero-order valence-corrected chi connectivity index (χ0v) is 25.2. The summed E-state index contributed by atoms with van der Waals surface area (Å²) in [5, 5.41) is 9.08. The van der Waals surface area contributed by atoms with E-state index in [0.717, 1.165) is 12.1 Å². The summed E-state index contributed by atoms with van der Waals surface area (Å²) in [5.74, 6) is -2.58. The van der Waals surface area contributed by atoms with Crippen LogP contribution in [0.4, 0.5) is 4.39 Å². The molecule has 0 spiro atoms. The van der Waals surface area contributed by atoms with Crippen LogP contribution < -0.4 is 26.2 Å². The highest BCUT2D eigenvalue weighted by Crippen LogP contribution is 2.50. The average molecular weight is 596 g/mol. The van der Waals surface area contributed by atoms with Gasteiger partial charge in [0.2, 0.25) is 5.75 Å². The predicted octanol–water partition coefficient (Wildman–Crippen LogP) is 1.38. The number of carbonyl (C=O) groups is 3. The molecule has 1 atom stereocenters. The van der Waals surface area contributed by atoms with Gasteiger partial charge in [-0.15, -0.1) is 0 Å². The van der Waals surface area contributed by atoms with E-state index in [2.05, 4.69) is 22.9 Å². The van der Waals surface area contributed by atoms with Crippen molar-refractivity contribution in [3.8, 4) is 5.75 Å². The van der Waals surface area contributed by atoms with Crippen LogP contribution in [0.3, 0.4) is 0 Å². The van der Waals surface area contributed by atoms with E-state index in [4.69, 9.17) is 14.7 Å². The Morgan fingerprint density at radius 3 is 2.53 bits per heavy atom. The zero-order valence-electron chi connectivity index (χ0n) is 25.2. The van der Waals surface area contributed by atoms with Crippen molar-refractivity contribution in [1.29, 1.82) is 0 Å². The molecule has 1 saturated carbocycles. The van der Waals surface area contributed by atoms with Crippen molar-refractivity contribution >= 4 is 23.4 Å². The molecule has 4 heterocycles. The Kier molecular flexibility index (Phi) is 8.12. The molecular formula is C30H38FN7O5. The maximum Gasteiger partial charge on any atom is 0.311 e. The van der Waals surface area contributed by atoms with Crippen molar-refractivity contribution in [2.24, 2.45) is 10.4 Å². The number of halogens is 1. The minimum atomic E-state index is -1.17. The number of carbonyl (C=O) groups excluding carboxylic acids is 3. The molecule has 12 nitrogen and oxygen atoms in total. The average Bonchev–Trinajstić information content (AvgIpc) is 3.39. The van der Waals surface area contributed by atoms with Crippen LogP contribution in [-0.2, 0) is 28.2 Å². The fourth-order valence-corrected chi connectivity index (χ4v) is 6.40. The van der Waals surface area contributed by atoms with Gasteiger partial charge in [-0.1, -0.05) is 19.1 Å². The van der Waals surface area contributed by atoms with E-state index in [1.807, 2.05) is 0 Å². The molecule has 3 amide bonds. The molecule has 1 unspecified atom stereocenters. The standard InChI is InChI=1S/C30H38FN7O5/c1-6-21-32-15-20(34-21)29-9-11-30(12-10-29,36-25(40)27(42)37(3)4)28-35-22(23(43-5)26(41)38(28)16-29)24(39)33-14-18-7-8-19(31)17(2)13-18/h7-8,13,21,32H,6,9-12,14-16H2,1-5H3,(H,33,39)(H,36,40). The van der Waals surface area contributed by atoms with Crippen LogP contribution in [0.5, 0.6) is 5.75 Å². The van der Waals surface area contributed by atoms with Crippen LogP contribution in [0.1, 0.15) is 66.5 Å². The quantitative estimate of drug-likeness (QED) is 0.410. The summed E-state index contributed by atoms with van der Waals surface area (Å²) in [5.41, 5.74) is -0.349. The lowest BCUT2D eigenvalue weighted by Gasteiger charge is -2.42. The molecule has 1 aromatic heterocycles. The fraction of sp³-hybridized carbons (Fsp3) is 0.533. The molecule has 0 radical (unpaired) electrons. The third-order valence-corrected chi connectivity index (χ3v) is 8.94. The Balaban J connectivity index is 1.59. The van der Waals surface area contributed by atoms with Crippen molar-refractivity contribution in [2.75, 3.05) is 27.7 Å². The first-order valence-corrected chi connectivity index (χ1v) is 14.5. The topological polar surface area (TPSA) is 147 Å². The first-order valence-electron chi connectivity index (χ1n) is 14.5. The number of nitrogens with zero attached hydrogens (tertiary/aromatic N) is 4. The van der Waals surface area contributed by atoms with Gasteiger partial charge >= 0.3 is 11.8 Å². The largest absolute Gasteiger partial charge is 0.489 e. The second kappa shape index (κ2) is 11.5. The van der Waals surface area contributed by atoms with E-state index in [1.54, 1.807) is 19.1 Å². The zero-order chi connectivity index (χ0) is 31.1. The maximum atomic E-state index is 14.1. The Morgan fingerprint density at radius 1 is 1.21 bits per heavy atom. The predicted molar refractivity (Wildman–Crippen MR) is 156 cm³/mol. The highest BCUT2D eigenvalue weighted by atomic mass is 19.1. The maximum absolute atomic E-state index is 14.1. The second-order valence-electron chi connectivity index (χ2n) is 11.9. The summed E-state index contributed by atoms with van der Waals surface area (Å²) in [6.45, 7) is 4.59. The summed E-state index contributed by atoms with van der Waals surface area (Å²) >= 11 is 0. The number of hydrogen-bond donors (Lipinski definition) is 3. The number of aliphatic imine (C=N–C) groups is 1. The first-order chi connectivity index (χ1) is 20.4. The summed E-state index contributed by atoms with van der Waals surface area (Å²) in [6.07, 6.45) is 2.80. The van der Waals surface area contributed by atoms with Crippen LogP contribution in [0.25, 0.3) is 0 Å². The third-order valence-electron chi connectivity index (χ3n) is 8.94. The molecule has 3 aliphatic heterocycles. The van der Waals surface area contributed by atoms with E-state index < -0.39 is 34.2 Å². The molecule has 230 valence electrons. The number of benzene rings is 1. The highest BCUT2D eigenvalue weighted by molar-refractivity contribution is 6.35. The van der Waals surface area contributed by atoms with Gasteiger partial charge in [-0.25, -0.2) is 9.37 Å². The van der Waals surface area contributed by atoms with Crippen LogP contribution in [-0.4, -0.2) is 71.8 Å². The molecule has 3 N–H and O–H groups in total. The van der Waals surface area contributed by atoms with Crippen molar-refractivity contribution < 1.29 is 23.5 Å². The van der Waals surface area contributed by atoms with Crippen LogP contribution in [0, 0.1) is 18.2 Å². The number of aromatic nitrogens is 2. The molecular weight excluding hydrogens is 557 g/mol. The van der Waals surface area contributed by atoms with E-state index in [1.165, 1.54) is 36.7 Å². The molecule has 6 rings (SSSR count). The second-order valence-corrected chi connectivity index (χ2v) is 11.9. The normalized spacial score (nSPS) is 24.0. The van der Waals surface area contributed by atoms with Gasteiger partial charge in [0.15, 0.2) is 5.69 Å². The van der Waals surface area contributed by atoms with Crippen LogP contribution >= 0.6 is 0 Å². The lowest BCUT2D eigenvalue weighted by Crippen LogP contribution is -2.54. The number of nitrogens with one attached hydrogen (secondary N) is 3. The lowest BCUT2D eigenvalue weighted by molar-refractivity contribution is -0.145. The molecule has 1 aromatic carbocycles. The summed E-state index contributed by atoms with van der Waals surface area (Å²) in [7, 11) is 4.28. The van der Waals surface area contributed by atoms with Gasteiger partial charge in [0.25, 0.3) is 11.5 Å². The number of aryl methyl sites for hydroxylation is 1. The number of rotatable bonds is 7. The minimum Gasteiger partial charge on any atom is -0.489 e. The van der Waals surface area contributed by atoms with E-state index in [9.17, 15) is 23.6 Å². The van der Waals surface area contributed by atoms with E-state index in [0.29, 0.717) is 43.4 Å². The third kappa shape index (κ3) is 5.41. The first kappa shape index (κ1) is 30.3. The molecule has 1 fully saturated rings. The van der Waals surface area contributed by atoms with Crippen molar-refractivity contribution in [3.63, 3.8) is 0 Å². The SMILES string of the molecule is CCC1N=C(C23CCC(NC(=O)C(=O)N(C)C)(CC2)c2nc(C(=O)NCc4ccc(F)c(C)c4)c(OC)c(=O)n2C3)CN1. The summed E-state index contributed by atoms with van der Waals surface area (Å²) in [6, 6.07) is 4.51. The van der Waals surface area contributed by atoms with Gasteiger partial charge in [0.05, 0.1) is 18.8 Å². The van der Waals surface area contributed by atoms with Crippen molar-refractivity contribution in [2.45, 2.75) is 70.7 Å². The van der Waals surface area contributed by atoms with E-state index >= 15 is 0 Å². The van der Waals surface area contributed by atoms with Crippen molar-refractivity contribution in [1.82, 2.24) is 30.4 Å². The molecule has 2 bridgehead atoms. The van der Waals surface area contributed by atoms with Crippen molar-refractivity contribution in [3.05, 3.63) is 57.0 Å². The highest BCUT2D eigenvalue weighted by Gasteiger charge is 2.54. The Morgan fingerprint density at radius 2 is 1.93 bits per heavy atom. The van der Waals surface area contributed by atoms with Gasteiger partial charge in [-0.05, 0) is 56.2 Å². The number of likely N-dealkylation sites (N-methyl/N-ethyl adjacent to an activating group) is 1. The molecule has 43 heavy (non-hydrogen) atoms. The summed E-state index contributed by atoms with van der Waals surface area (Å²) in [4.78, 5) is 64.2. The molecule has 0 saturated heterocycles. The minimum absolute atomic E-state index is 0.00320. The molecule has 13 heteroatoms. The van der Waals surface area contributed by atoms with Crippen LogP contribution in [0.15, 0.2) is 28.0 Å². The van der Waals surface area contributed by atoms with Gasteiger partial charge in [-0.3, -0.25) is 34.1 Å². The van der Waals surface area contributed by atoms with Gasteiger partial charge in [0, 0.05) is 44.9 Å². The van der Waals surface area contributed by atoms with Gasteiger partial charge < -0.3 is 20.3 Å². The van der Waals surface area contributed by atoms with E-state index in [-0.39, 0.29) is 42.3 Å². The molecule has 1 aliphatic carbocycles. The number of methoxy groups -OCH3 is 1.